The molecule has 8 nitrogen and oxygen atoms in total. The van der Waals surface area contributed by atoms with Gasteiger partial charge in [-0.1, -0.05) is 144 Å². The van der Waals surface area contributed by atoms with Crippen molar-refractivity contribution in [1.29, 1.82) is 0 Å². The van der Waals surface area contributed by atoms with Crippen molar-refractivity contribution in [2.24, 2.45) is 9.98 Å². The van der Waals surface area contributed by atoms with Gasteiger partial charge < -0.3 is 18.9 Å². The van der Waals surface area contributed by atoms with E-state index in [1.54, 1.807) is 24.8 Å². The average Bonchev–Trinajstić information content (AvgIpc) is 3.28. The summed E-state index contributed by atoms with van der Waals surface area (Å²) >= 11 is 0. The lowest BCUT2D eigenvalue weighted by molar-refractivity contribution is 0.107. The van der Waals surface area contributed by atoms with E-state index in [2.05, 4.69) is 123 Å². The van der Waals surface area contributed by atoms with Crippen LogP contribution in [-0.2, 0) is 35.9 Å². The molecule has 62 heavy (non-hydrogen) atoms. The molecule has 0 aliphatic heterocycles. The average molecular weight is 823 g/mol. The first kappa shape index (κ1) is 43.4. The Hall–Kier alpha value is -6.74. The first-order valence-electron chi connectivity index (χ1n) is 21.0. The molecule has 314 valence electrons. The largest absolute Gasteiger partial charge is 0.487 e. The van der Waals surface area contributed by atoms with Crippen molar-refractivity contribution < 1.29 is 18.9 Å². The zero-order chi connectivity index (χ0) is 42.9. The summed E-state index contributed by atoms with van der Waals surface area (Å²) < 4.78 is 24.5. The lowest BCUT2D eigenvalue weighted by Crippen LogP contribution is -2.08. The van der Waals surface area contributed by atoms with Crippen molar-refractivity contribution in [1.82, 2.24) is 9.97 Å². The Kier molecular flexibility index (Phi) is 15.5. The highest BCUT2D eigenvalue weighted by Crippen LogP contribution is 2.22. The Labute approximate surface area is 366 Å². The third-order valence-electron chi connectivity index (χ3n) is 10.1. The fourth-order valence-corrected chi connectivity index (χ4v) is 7.19. The zero-order valence-corrected chi connectivity index (χ0v) is 36.0. The van der Waals surface area contributed by atoms with Crippen LogP contribution in [0.1, 0.15) is 79.1 Å². The van der Waals surface area contributed by atoms with E-state index in [1.165, 1.54) is 22.3 Å². The van der Waals surface area contributed by atoms with Crippen LogP contribution in [0.5, 0.6) is 11.5 Å². The Morgan fingerprint density at radius 3 is 1.18 bits per heavy atom. The fourth-order valence-electron chi connectivity index (χ4n) is 7.19. The molecule has 0 saturated heterocycles. The van der Waals surface area contributed by atoms with E-state index in [-0.39, 0.29) is 12.1 Å². The molecule has 0 saturated carbocycles. The van der Waals surface area contributed by atoms with Gasteiger partial charge in [0.05, 0.1) is 62.3 Å². The molecule has 8 heteroatoms. The van der Waals surface area contributed by atoms with Crippen LogP contribution in [0.15, 0.2) is 168 Å². The number of aliphatic imine (C=N–C) groups is 2. The van der Waals surface area contributed by atoms with E-state index < -0.39 is 0 Å². The molecule has 0 amide bonds. The number of aryl methyl sites for hydroxylation is 4. The molecule has 0 spiro atoms. The highest BCUT2D eigenvalue weighted by molar-refractivity contribution is 5.77. The molecule has 2 aromatic heterocycles. The van der Waals surface area contributed by atoms with Gasteiger partial charge in [-0.3, -0.25) is 20.0 Å². The van der Waals surface area contributed by atoms with Crippen LogP contribution in [0.2, 0.25) is 0 Å². The predicted molar refractivity (Wildman–Crippen MR) is 248 cm³/mol. The summed E-state index contributed by atoms with van der Waals surface area (Å²) in [7, 11) is 0. The van der Waals surface area contributed by atoms with Crippen LogP contribution in [0.3, 0.4) is 0 Å². The van der Waals surface area contributed by atoms with Crippen LogP contribution >= 0.6 is 0 Å². The Morgan fingerprint density at radius 1 is 0.435 bits per heavy atom. The number of aromatic nitrogens is 2. The van der Waals surface area contributed by atoms with Gasteiger partial charge in [-0.05, 0) is 85.3 Å². The summed E-state index contributed by atoms with van der Waals surface area (Å²) in [5, 5.41) is 0. The maximum Gasteiger partial charge on any atom is 0.138 e. The molecule has 7 rings (SSSR count). The second-order valence-corrected chi connectivity index (χ2v) is 15.7. The predicted octanol–water partition coefficient (Wildman–Crippen LogP) is 11.6. The SMILES string of the molecule is Cc1cc(C)cc(COc2ccc(/C=N/[C@@H](COCc3ccc(COC[C@H](/N=C/c4ccc(OCc5cc(C)cc(C)c5)cn4)c4ccccc4)cc3)c3ccccc3)nc2)c1. The first-order valence-corrected chi connectivity index (χ1v) is 21.0. The number of hydrogen-bond acceptors (Lipinski definition) is 8. The second-order valence-electron chi connectivity index (χ2n) is 15.7. The Morgan fingerprint density at radius 2 is 0.823 bits per heavy atom. The minimum atomic E-state index is -0.186. The minimum Gasteiger partial charge on any atom is -0.487 e. The molecule has 0 N–H and O–H groups in total. The topological polar surface area (TPSA) is 87.4 Å². The molecule has 7 aromatic rings. The third-order valence-corrected chi connectivity index (χ3v) is 10.1. The zero-order valence-electron chi connectivity index (χ0n) is 36.0. The second kappa shape index (κ2) is 22.2. The maximum atomic E-state index is 6.23. The van der Waals surface area contributed by atoms with E-state index in [4.69, 9.17) is 28.9 Å². The number of hydrogen-bond donors (Lipinski definition) is 0. The molecule has 2 heterocycles. The van der Waals surface area contributed by atoms with Gasteiger partial charge in [0.2, 0.25) is 0 Å². The van der Waals surface area contributed by atoms with E-state index in [9.17, 15) is 0 Å². The number of benzene rings is 5. The van der Waals surface area contributed by atoms with Gasteiger partial charge in [0.25, 0.3) is 0 Å². The van der Waals surface area contributed by atoms with Crippen LogP contribution < -0.4 is 9.47 Å². The van der Waals surface area contributed by atoms with Gasteiger partial charge in [0.15, 0.2) is 0 Å². The molecule has 0 aliphatic rings. The van der Waals surface area contributed by atoms with Crippen LogP contribution in [0, 0.1) is 27.7 Å². The van der Waals surface area contributed by atoms with Gasteiger partial charge in [0.1, 0.15) is 24.7 Å². The fraction of sp³-hybridized carbons (Fsp3) is 0.222. The molecular weight excluding hydrogens is 769 g/mol. The molecule has 0 fully saturated rings. The molecule has 0 bridgehead atoms. The maximum absolute atomic E-state index is 6.23. The van der Waals surface area contributed by atoms with E-state index in [1.807, 2.05) is 60.7 Å². The molecular formula is C54H54N4O4. The van der Waals surface area contributed by atoms with Gasteiger partial charge >= 0.3 is 0 Å². The van der Waals surface area contributed by atoms with Crippen molar-refractivity contribution in [2.45, 2.75) is 66.2 Å². The van der Waals surface area contributed by atoms with Gasteiger partial charge in [-0.15, -0.1) is 0 Å². The molecule has 0 unspecified atom stereocenters. The monoisotopic (exact) mass is 822 g/mol. The summed E-state index contributed by atoms with van der Waals surface area (Å²) in [5.41, 5.74) is 13.0. The van der Waals surface area contributed by atoms with E-state index in [0.29, 0.717) is 39.6 Å². The summed E-state index contributed by atoms with van der Waals surface area (Å²) in [4.78, 5) is 18.9. The molecule has 0 aliphatic carbocycles. The molecule has 5 aromatic carbocycles. The van der Waals surface area contributed by atoms with Crippen molar-refractivity contribution >= 4 is 12.4 Å². The molecule has 0 radical (unpaired) electrons. The highest BCUT2D eigenvalue weighted by atomic mass is 16.5. The third kappa shape index (κ3) is 13.6. The molecule has 2 atom stereocenters. The first-order chi connectivity index (χ1) is 30.3. The van der Waals surface area contributed by atoms with E-state index >= 15 is 0 Å². The summed E-state index contributed by atoms with van der Waals surface area (Å²) in [6.07, 6.45) is 7.09. The van der Waals surface area contributed by atoms with Crippen molar-refractivity contribution in [2.75, 3.05) is 13.2 Å². The smallest absolute Gasteiger partial charge is 0.138 e. The summed E-state index contributed by atoms with van der Waals surface area (Å²) in [6, 6.07) is 49.0. The quantitative estimate of drug-likeness (QED) is 0.0712. The Balaban J connectivity index is 0.882. The van der Waals surface area contributed by atoms with Gasteiger partial charge in [-0.2, -0.15) is 0 Å². The van der Waals surface area contributed by atoms with Crippen molar-refractivity contribution in [3.8, 4) is 11.5 Å². The van der Waals surface area contributed by atoms with Crippen LogP contribution in [0.4, 0.5) is 0 Å². The lowest BCUT2D eigenvalue weighted by Gasteiger charge is -2.15. The number of nitrogens with zero attached hydrogens (tertiary/aromatic N) is 4. The van der Waals surface area contributed by atoms with Crippen molar-refractivity contribution in [3.63, 3.8) is 0 Å². The standard InChI is InChI=1S/C54H54N4O4/c1-39-23-40(2)26-45(25-39)35-61-51-21-19-49(55-31-51)29-57-53(47-11-7-5-8-12-47)37-59-33-43-15-17-44(18-16-43)34-60-38-54(48-13-9-6-10-14-48)58-30-50-20-22-52(32-56-50)62-36-46-27-41(3)24-42(4)28-46/h5-32,53-54H,33-38H2,1-4H3/b57-29+,58-30+/t53-,54-/m0/s1. The van der Waals surface area contributed by atoms with Crippen LogP contribution in [0.25, 0.3) is 0 Å². The number of pyridine rings is 2. The minimum absolute atomic E-state index is 0.186. The van der Waals surface area contributed by atoms with E-state index in [0.717, 1.165) is 56.3 Å². The van der Waals surface area contributed by atoms with Gasteiger partial charge in [0, 0.05) is 12.4 Å². The summed E-state index contributed by atoms with van der Waals surface area (Å²) in [6.45, 7) is 11.1. The lowest BCUT2D eigenvalue weighted by atomic mass is 10.1. The normalized spacial score (nSPS) is 12.5. The van der Waals surface area contributed by atoms with Gasteiger partial charge in [-0.25, -0.2) is 0 Å². The number of ether oxygens (including phenoxy) is 4. The highest BCUT2D eigenvalue weighted by Gasteiger charge is 2.12. The summed E-state index contributed by atoms with van der Waals surface area (Å²) in [5.74, 6) is 1.43. The van der Waals surface area contributed by atoms with Crippen LogP contribution in [-0.4, -0.2) is 35.6 Å². The number of rotatable bonds is 20. The Bertz CT molecular complexity index is 2290. The van der Waals surface area contributed by atoms with Crippen molar-refractivity contribution in [3.05, 3.63) is 225 Å².